The van der Waals surface area contributed by atoms with Gasteiger partial charge in [-0.25, -0.2) is 4.98 Å². The van der Waals surface area contributed by atoms with Gasteiger partial charge in [-0.2, -0.15) is 0 Å². The first-order valence-corrected chi connectivity index (χ1v) is 5.29. The van der Waals surface area contributed by atoms with E-state index in [1.165, 1.54) is 0 Å². The van der Waals surface area contributed by atoms with Crippen molar-refractivity contribution in [3.8, 4) is 0 Å². The lowest BCUT2D eigenvalue weighted by molar-refractivity contribution is -0.121. The number of nitrogens with two attached hydrogens (primary N) is 1. The van der Waals surface area contributed by atoms with Crippen LogP contribution in [0.25, 0.3) is 0 Å². The van der Waals surface area contributed by atoms with Crippen LogP contribution in [-0.4, -0.2) is 35.9 Å². The Hall–Kier alpha value is -1.62. The number of nitrogens with zero attached hydrogens (tertiary/aromatic N) is 2. The summed E-state index contributed by atoms with van der Waals surface area (Å²) in [6.45, 7) is 3.94. The molecule has 3 N–H and O–H groups in total. The van der Waals surface area contributed by atoms with Gasteiger partial charge in [0.1, 0.15) is 5.82 Å². The Labute approximate surface area is 95.7 Å². The van der Waals surface area contributed by atoms with E-state index in [4.69, 9.17) is 5.73 Å². The lowest BCUT2D eigenvalue weighted by Crippen LogP contribution is -2.35. The third-order valence-corrected chi connectivity index (χ3v) is 2.35. The van der Waals surface area contributed by atoms with Gasteiger partial charge in [-0.15, -0.1) is 0 Å². The predicted octanol–water partition coefficient (Wildman–Crippen LogP) is 0.232. The van der Waals surface area contributed by atoms with Crippen LogP contribution in [-0.2, 0) is 11.3 Å². The van der Waals surface area contributed by atoms with Crippen LogP contribution in [0.5, 0.6) is 0 Å². The fourth-order valence-corrected chi connectivity index (χ4v) is 1.35. The summed E-state index contributed by atoms with van der Waals surface area (Å²) in [5, 5.41) is 2.61. The largest absolute Gasteiger partial charge is 0.384 e. The molecule has 16 heavy (non-hydrogen) atoms. The summed E-state index contributed by atoms with van der Waals surface area (Å²) in [7, 11) is 1.64. The molecule has 1 heterocycles. The molecule has 0 aliphatic rings. The first-order chi connectivity index (χ1) is 7.65. The van der Waals surface area contributed by atoms with Crippen molar-refractivity contribution in [2.24, 2.45) is 0 Å². The van der Waals surface area contributed by atoms with Crippen molar-refractivity contribution >= 4 is 11.7 Å². The van der Waals surface area contributed by atoms with Gasteiger partial charge in [0.05, 0.1) is 6.54 Å². The van der Waals surface area contributed by atoms with E-state index in [1.54, 1.807) is 19.3 Å². The number of likely N-dealkylation sites (N-methyl/N-ethyl adjacent to an activating group) is 2. The van der Waals surface area contributed by atoms with Crippen molar-refractivity contribution in [2.75, 3.05) is 25.9 Å². The van der Waals surface area contributed by atoms with Crippen LogP contribution in [0.15, 0.2) is 18.3 Å². The molecule has 5 heteroatoms. The molecule has 0 radical (unpaired) electrons. The quantitative estimate of drug-likeness (QED) is 0.748. The zero-order valence-electron chi connectivity index (χ0n) is 9.73. The molecule has 1 rings (SSSR count). The highest BCUT2D eigenvalue weighted by atomic mass is 16.1. The van der Waals surface area contributed by atoms with Crippen molar-refractivity contribution in [3.63, 3.8) is 0 Å². The standard InChI is InChI=1S/C11H18N4O/c1-3-15(8-11(16)13-2)7-9-4-5-10(12)14-6-9/h4-6H,3,7-8H2,1-2H3,(H2,12,14)(H,13,16). The first kappa shape index (κ1) is 12.4. The normalized spacial score (nSPS) is 10.4. The summed E-state index contributed by atoms with van der Waals surface area (Å²) < 4.78 is 0. The number of pyridine rings is 1. The molecule has 0 fully saturated rings. The molecular formula is C11H18N4O. The van der Waals surface area contributed by atoms with E-state index in [1.807, 2.05) is 17.9 Å². The van der Waals surface area contributed by atoms with Gasteiger partial charge >= 0.3 is 0 Å². The predicted molar refractivity (Wildman–Crippen MR) is 63.7 cm³/mol. The van der Waals surface area contributed by atoms with Crippen LogP contribution in [0.4, 0.5) is 5.82 Å². The van der Waals surface area contributed by atoms with E-state index in [-0.39, 0.29) is 5.91 Å². The molecular weight excluding hydrogens is 204 g/mol. The summed E-state index contributed by atoms with van der Waals surface area (Å²) in [4.78, 5) is 17.3. The second kappa shape index (κ2) is 6.07. The van der Waals surface area contributed by atoms with Gasteiger partial charge < -0.3 is 11.1 Å². The highest BCUT2D eigenvalue weighted by molar-refractivity contribution is 5.77. The van der Waals surface area contributed by atoms with Gasteiger partial charge in [-0.05, 0) is 18.2 Å². The van der Waals surface area contributed by atoms with E-state index >= 15 is 0 Å². The molecule has 0 bridgehead atoms. The van der Waals surface area contributed by atoms with Crippen LogP contribution in [0.3, 0.4) is 0 Å². The molecule has 0 aliphatic carbocycles. The first-order valence-electron chi connectivity index (χ1n) is 5.29. The Bertz CT molecular complexity index is 336. The van der Waals surface area contributed by atoms with Gasteiger partial charge in [0.25, 0.3) is 0 Å². The van der Waals surface area contributed by atoms with Gasteiger partial charge in [-0.1, -0.05) is 13.0 Å². The lowest BCUT2D eigenvalue weighted by atomic mass is 10.2. The Balaban J connectivity index is 2.56. The molecule has 1 aromatic rings. The van der Waals surface area contributed by atoms with Gasteiger partial charge in [-0.3, -0.25) is 9.69 Å². The molecule has 0 atom stereocenters. The zero-order valence-corrected chi connectivity index (χ0v) is 9.73. The van der Waals surface area contributed by atoms with Crippen molar-refractivity contribution in [1.82, 2.24) is 15.2 Å². The number of rotatable bonds is 5. The molecule has 0 aliphatic heterocycles. The molecule has 0 spiro atoms. The Morgan fingerprint density at radius 3 is 2.81 bits per heavy atom. The SMILES string of the molecule is CCN(CC(=O)NC)Cc1ccc(N)nc1. The number of carbonyl (C=O) groups is 1. The number of hydrogen-bond donors (Lipinski definition) is 2. The number of nitrogens with one attached hydrogen (secondary N) is 1. The average Bonchev–Trinajstić information content (AvgIpc) is 2.30. The van der Waals surface area contributed by atoms with Crippen molar-refractivity contribution in [1.29, 1.82) is 0 Å². The van der Waals surface area contributed by atoms with Crippen molar-refractivity contribution in [3.05, 3.63) is 23.9 Å². The summed E-state index contributed by atoms with van der Waals surface area (Å²) in [6, 6.07) is 3.69. The smallest absolute Gasteiger partial charge is 0.233 e. The minimum atomic E-state index is 0.0188. The average molecular weight is 222 g/mol. The topological polar surface area (TPSA) is 71.2 Å². The zero-order chi connectivity index (χ0) is 12.0. The number of nitrogen functional groups attached to an aromatic ring is 1. The van der Waals surface area contributed by atoms with Gasteiger partial charge in [0, 0.05) is 19.8 Å². The lowest BCUT2D eigenvalue weighted by Gasteiger charge is -2.19. The maximum atomic E-state index is 11.2. The van der Waals surface area contributed by atoms with Crippen LogP contribution < -0.4 is 11.1 Å². The van der Waals surface area contributed by atoms with Crippen molar-refractivity contribution in [2.45, 2.75) is 13.5 Å². The summed E-state index contributed by atoms with van der Waals surface area (Å²) >= 11 is 0. The van der Waals surface area contributed by atoms with E-state index in [0.29, 0.717) is 18.9 Å². The highest BCUT2D eigenvalue weighted by Gasteiger charge is 2.08. The maximum absolute atomic E-state index is 11.2. The second-order valence-electron chi connectivity index (χ2n) is 3.57. The number of anilines is 1. The maximum Gasteiger partial charge on any atom is 0.233 e. The fraction of sp³-hybridized carbons (Fsp3) is 0.455. The second-order valence-corrected chi connectivity index (χ2v) is 3.57. The fourth-order valence-electron chi connectivity index (χ4n) is 1.35. The van der Waals surface area contributed by atoms with Gasteiger partial charge in [0.15, 0.2) is 0 Å². The van der Waals surface area contributed by atoms with E-state index in [9.17, 15) is 4.79 Å². The van der Waals surface area contributed by atoms with Crippen LogP contribution in [0.1, 0.15) is 12.5 Å². The number of carbonyl (C=O) groups excluding carboxylic acids is 1. The monoisotopic (exact) mass is 222 g/mol. The molecule has 0 saturated carbocycles. The minimum absolute atomic E-state index is 0.0188. The van der Waals surface area contributed by atoms with E-state index < -0.39 is 0 Å². The molecule has 88 valence electrons. The molecule has 0 aromatic carbocycles. The van der Waals surface area contributed by atoms with E-state index in [2.05, 4.69) is 10.3 Å². The van der Waals surface area contributed by atoms with Crippen molar-refractivity contribution < 1.29 is 4.79 Å². The Kier molecular flexibility index (Phi) is 4.72. The number of aromatic nitrogens is 1. The van der Waals surface area contributed by atoms with E-state index in [0.717, 1.165) is 12.1 Å². The molecule has 5 nitrogen and oxygen atoms in total. The minimum Gasteiger partial charge on any atom is -0.384 e. The number of amides is 1. The molecule has 0 saturated heterocycles. The summed E-state index contributed by atoms with van der Waals surface area (Å²) in [6.07, 6.45) is 1.74. The molecule has 1 aromatic heterocycles. The summed E-state index contributed by atoms with van der Waals surface area (Å²) in [5.41, 5.74) is 6.56. The summed E-state index contributed by atoms with van der Waals surface area (Å²) in [5.74, 6) is 0.531. The third-order valence-electron chi connectivity index (χ3n) is 2.35. The molecule has 0 unspecified atom stereocenters. The Morgan fingerprint density at radius 2 is 2.31 bits per heavy atom. The molecule has 1 amide bonds. The highest BCUT2D eigenvalue weighted by Crippen LogP contribution is 2.05. The Morgan fingerprint density at radius 1 is 1.56 bits per heavy atom. The van der Waals surface area contributed by atoms with Crippen LogP contribution >= 0.6 is 0 Å². The van der Waals surface area contributed by atoms with Crippen LogP contribution in [0, 0.1) is 0 Å². The third kappa shape index (κ3) is 3.86. The van der Waals surface area contributed by atoms with Crippen LogP contribution in [0.2, 0.25) is 0 Å². The van der Waals surface area contributed by atoms with Gasteiger partial charge in [0.2, 0.25) is 5.91 Å². The number of hydrogen-bond acceptors (Lipinski definition) is 4.